The van der Waals surface area contributed by atoms with Gasteiger partial charge in [-0.3, -0.25) is 4.98 Å². The van der Waals surface area contributed by atoms with E-state index in [0.29, 0.717) is 12.6 Å². The topological polar surface area (TPSA) is 34.1 Å². The lowest BCUT2D eigenvalue weighted by Gasteiger charge is -2.14. The highest BCUT2D eigenvalue weighted by molar-refractivity contribution is 5.45. The van der Waals surface area contributed by atoms with Crippen LogP contribution in [0.3, 0.4) is 0 Å². The van der Waals surface area contributed by atoms with Gasteiger partial charge >= 0.3 is 0 Å². The number of aromatic nitrogens is 1. The van der Waals surface area contributed by atoms with E-state index in [0.717, 1.165) is 30.7 Å². The van der Waals surface area contributed by atoms with Crippen LogP contribution in [0.4, 0.5) is 4.39 Å². The second-order valence-corrected chi connectivity index (χ2v) is 5.27. The fourth-order valence-electron chi connectivity index (χ4n) is 2.91. The third-order valence-electron chi connectivity index (χ3n) is 3.83. The Labute approximate surface area is 124 Å². The Morgan fingerprint density at radius 3 is 3.10 bits per heavy atom. The van der Waals surface area contributed by atoms with E-state index >= 15 is 0 Å². The van der Waals surface area contributed by atoms with Gasteiger partial charge in [0.05, 0.1) is 6.20 Å². The Morgan fingerprint density at radius 1 is 1.38 bits per heavy atom. The van der Waals surface area contributed by atoms with Crippen molar-refractivity contribution < 1.29 is 9.13 Å². The molecule has 110 valence electrons. The molecule has 0 radical (unpaired) electrons. The minimum absolute atomic E-state index is 0.332. The van der Waals surface area contributed by atoms with Gasteiger partial charge in [-0.2, -0.15) is 0 Å². The summed E-state index contributed by atoms with van der Waals surface area (Å²) in [5.74, 6) is 0.568. The molecule has 0 saturated carbocycles. The van der Waals surface area contributed by atoms with Gasteiger partial charge in [0.15, 0.2) is 0 Å². The second-order valence-electron chi connectivity index (χ2n) is 5.27. The van der Waals surface area contributed by atoms with Crippen molar-refractivity contribution in [3.05, 3.63) is 59.2 Å². The lowest BCUT2D eigenvalue weighted by atomic mass is 10.1. The van der Waals surface area contributed by atoms with Crippen LogP contribution >= 0.6 is 0 Å². The number of hydrogen-bond donors (Lipinski definition) is 1. The van der Waals surface area contributed by atoms with E-state index in [1.165, 1.54) is 23.4 Å². The third kappa shape index (κ3) is 3.05. The first-order chi connectivity index (χ1) is 10.3. The van der Waals surface area contributed by atoms with Gasteiger partial charge in [0, 0.05) is 17.8 Å². The smallest absolute Gasteiger partial charge is 0.141 e. The zero-order valence-electron chi connectivity index (χ0n) is 12.1. The molecular formula is C17H19FN2O. The zero-order chi connectivity index (χ0) is 14.7. The largest absolute Gasteiger partial charge is 0.489 e. The van der Waals surface area contributed by atoms with Crippen molar-refractivity contribution in [2.75, 3.05) is 6.54 Å². The molecule has 1 N–H and O–H groups in total. The number of benzene rings is 1. The number of rotatable bonds is 5. The fraction of sp³-hybridized carbons (Fsp3) is 0.353. The monoisotopic (exact) mass is 286 g/mol. The van der Waals surface area contributed by atoms with Crippen LogP contribution in [0.5, 0.6) is 5.75 Å². The number of fused-ring (bicyclic) bond motifs is 1. The molecule has 0 amide bonds. The van der Waals surface area contributed by atoms with Gasteiger partial charge in [0.25, 0.3) is 0 Å². The van der Waals surface area contributed by atoms with Crippen molar-refractivity contribution in [2.45, 2.75) is 32.4 Å². The molecule has 3 nitrogen and oxygen atoms in total. The fourth-order valence-corrected chi connectivity index (χ4v) is 2.91. The maximum atomic E-state index is 13.1. The van der Waals surface area contributed by atoms with E-state index in [1.807, 2.05) is 12.1 Å². The van der Waals surface area contributed by atoms with E-state index in [1.54, 1.807) is 6.20 Å². The van der Waals surface area contributed by atoms with Crippen LogP contribution in [-0.2, 0) is 13.0 Å². The number of nitrogens with zero attached hydrogens (tertiary/aromatic N) is 1. The molecule has 21 heavy (non-hydrogen) atoms. The molecule has 0 aliphatic heterocycles. The molecular weight excluding hydrogens is 267 g/mol. The molecule has 1 aromatic carbocycles. The Hall–Kier alpha value is -1.94. The van der Waals surface area contributed by atoms with Gasteiger partial charge in [-0.05, 0) is 42.6 Å². The zero-order valence-corrected chi connectivity index (χ0v) is 12.1. The molecule has 3 rings (SSSR count). The predicted molar refractivity (Wildman–Crippen MR) is 79.7 cm³/mol. The number of halogens is 1. The van der Waals surface area contributed by atoms with E-state index in [4.69, 9.17) is 4.74 Å². The quantitative estimate of drug-likeness (QED) is 0.914. The van der Waals surface area contributed by atoms with E-state index < -0.39 is 0 Å². The Morgan fingerprint density at radius 2 is 2.29 bits per heavy atom. The van der Waals surface area contributed by atoms with Gasteiger partial charge in [-0.15, -0.1) is 0 Å². The third-order valence-corrected chi connectivity index (χ3v) is 3.83. The van der Waals surface area contributed by atoms with Crippen LogP contribution in [0.1, 0.15) is 36.1 Å². The molecule has 1 aliphatic carbocycles. The molecule has 1 atom stereocenters. The van der Waals surface area contributed by atoms with Crippen molar-refractivity contribution in [1.82, 2.24) is 10.3 Å². The molecule has 1 heterocycles. The number of hydrogen-bond acceptors (Lipinski definition) is 3. The standard InChI is InChI=1S/C17H19FN2O/c1-2-20-16-7-6-15-14(16)4-3-5-17(15)21-11-12-8-13(18)10-19-9-12/h3-5,8-10,16,20H,2,6-7,11H2,1H3. The van der Waals surface area contributed by atoms with Crippen LogP contribution in [0.2, 0.25) is 0 Å². The van der Waals surface area contributed by atoms with Crippen LogP contribution in [0.15, 0.2) is 36.7 Å². The summed E-state index contributed by atoms with van der Waals surface area (Å²) in [6.07, 6.45) is 4.95. The number of nitrogens with one attached hydrogen (secondary N) is 1. The Kier molecular flexibility index (Phi) is 4.15. The average molecular weight is 286 g/mol. The molecule has 0 saturated heterocycles. The molecule has 4 heteroatoms. The summed E-state index contributed by atoms with van der Waals surface area (Å²) in [5.41, 5.74) is 3.34. The normalized spacial score (nSPS) is 16.8. The first kappa shape index (κ1) is 14.0. The molecule has 1 aliphatic rings. The molecule has 0 spiro atoms. The molecule has 1 unspecified atom stereocenters. The van der Waals surface area contributed by atoms with Crippen LogP contribution < -0.4 is 10.1 Å². The maximum Gasteiger partial charge on any atom is 0.141 e. The van der Waals surface area contributed by atoms with E-state index in [-0.39, 0.29) is 5.82 Å². The first-order valence-corrected chi connectivity index (χ1v) is 7.35. The highest BCUT2D eigenvalue weighted by Gasteiger charge is 2.24. The minimum Gasteiger partial charge on any atom is -0.489 e. The van der Waals surface area contributed by atoms with E-state index in [2.05, 4.69) is 23.3 Å². The summed E-state index contributed by atoms with van der Waals surface area (Å²) < 4.78 is 19.0. The van der Waals surface area contributed by atoms with Crippen molar-refractivity contribution in [1.29, 1.82) is 0 Å². The lowest BCUT2D eigenvalue weighted by molar-refractivity contribution is 0.302. The summed E-state index contributed by atoms with van der Waals surface area (Å²) in [4.78, 5) is 3.84. The van der Waals surface area contributed by atoms with Gasteiger partial charge in [-0.25, -0.2) is 4.39 Å². The van der Waals surface area contributed by atoms with Crippen molar-refractivity contribution in [3.8, 4) is 5.75 Å². The van der Waals surface area contributed by atoms with Gasteiger partial charge in [0.2, 0.25) is 0 Å². The summed E-state index contributed by atoms with van der Waals surface area (Å²) >= 11 is 0. The Balaban J connectivity index is 1.75. The lowest BCUT2D eigenvalue weighted by Crippen LogP contribution is -2.18. The number of ether oxygens (including phenoxy) is 1. The molecule has 0 bridgehead atoms. The summed E-state index contributed by atoms with van der Waals surface area (Å²) in [6.45, 7) is 3.42. The van der Waals surface area contributed by atoms with Gasteiger partial charge < -0.3 is 10.1 Å². The van der Waals surface area contributed by atoms with Crippen LogP contribution in [0, 0.1) is 5.82 Å². The van der Waals surface area contributed by atoms with Crippen LogP contribution in [0.25, 0.3) is 0 Å². The first-order valence-electron chi connectivity index (χ1n) is 7.35. The van der Waals surface area contributed by atoms with Gasteiger partial charge in [-0.1, -0.05) is 19.1 Å². The maximum absolute atomic E-state index is 13.1. The SMILES string of the molecule is CCNC1CCc2c(OCc3cncc(F)c3)cccc21. The highest BCUT2D eigenvalue weighted by atomic mass is 19.1. The van der Waals surface area contributed by atoms with Gasteiger partial charge in [0.1, 0.15) is 18.2 Å². The minimum atomic E-state index is -0.332. The Bertz CT molecular complexity index is 630. The molecule has 2 aromatic rings. The number of pyridine rings is 1. The summed E-state index contributed by atoms with van der Waals surface area (Å²) in [6, 6.07) is 8.04. The summed E-state index contributed by atoms with van der Waals surface area (Å²) in [7, 11) is 0. The average Bonchev–Trinajstić information content (AvgIpc) is 2.90. The molecule has 1 aromatic heterocycles. The van der Waals surface area contributed by atoms with Crippen molar-refractivity contribution in [3.63, 3.8) is 0 Å². The van der Waals surface area contributed by atoms with Crippen molar-refractivity contribution >= 4 is 0 Å². The predicted octanol–water partition coefficient (Wildman–Crippen LogP) is 3.40. The van der Waals surface area contributed by atoms with Crippen LogP contribution in [-0.4, -0.2) is 11.5 Å². The van der Waals surface area contributed by atoms with Crippen molar-refractivity contribution in [2.24, 2.45) is 0 Å². The summed E-state index contributed by atoms with van der Waals surface area (Å²) in [5, 5.41) is 3.49. The molecule has 0 fully saturated rings. The second kappa shape index (κ2) is 6.22. The van der Waals surface area contributed by atoms with E-state index in [9.17, 15) is 4.39 Å². The highest BCUT2D eigenvalue weighted by Crippen LogP contribution is 2.37.